The predicted octanol–water partition coefficient (Wildman–Crippen LogP) is 4.08. The van der Waals surface area contributed by atoms with E-state index < -0.39 is 10.1 Å². The van der Waals surface area contributed by atoms with Gasteiger partial charge in [0, 0.05) is 35.8 Å². The zero-order valence-electron chi connectivity index (χ0n) is 17.7. The summed E-state index contributed by atoms with van der Waals surface area (Å²) in [5, 5.41) is 10.3. The molecule has 0 aliphatic carbocycles. The molecular formula is C23H28NO5S+. The van der Waals surface area contributed by atoms with Gasteiger partial charge in [0.2, 0.25) is 5.69 Å². The Bertz CT molecular complexity index is 1130. The van der Waals surface area contributed by atoms with E-state index in [-0.39, 0.29) is 16.9 Å². The zero-order chi connectivity index (χ0) is 22.1. The zero-order valence-corrected chi connectivity index (χ0v) is 18.5. The number of aromatic hydroxyl groups is 1. The van der Waals surface area contributed by atoms with Crippen molar-refractivity contribution in [3.8, 4) is 11.5 Å². The van der Waals surface area contributed by atoms with Gasteiger partial charge in [-0.2, -0.15) is 13.0 Å². The molecule has 0 aromatic heterocycles. The number of aryl methyl sites for hydroxylation is 1. The minimum atomic E-state index is -4.01. The number of fused-ring (bicyclic) bond motifs is 1. The summed E-state index contributed by atoms with van der Waals surface area (Å²) in [4.78, 5) is 0. The van der Waals surface area contributed by atoms with E-state index in [9.17, 15) is 13.5 Å². The SMILES string of the molecule is COc1ccc(/C=C/C2=[N+](CCCS(=O)(=O)O)c3ccc(C)cc3C2(C)C)c(O)c1. The standard InChI is InChI=1S/C23H27NO5S/c1-16-6-10-20-19(14-16)23(2,3)22(24(20)12-5-13-30(26,27)28)11-8-17-7-9-18(29-4)15-21(17)25/h6-11,14-15H,5,12-13H2,1-4H3,(H,26,27,28)/p+1. The van der Waals surface area contributed by atoms with Gasteiger partial charge in [-0.15, -0.1) is 0 Å². The van der Waals surface area contributed by atoms with Crippen molar-refractivity contribution in [2.24, 2.45) is 0 Å². The Morgan fingerprint density at radius 3 is 2.50 bits per heavy atom. The van der Waals surface area contributed by atoms with E-state index in [1.54, 1.807) is 25.3 Å². The summed E-state index contributed by atoms with van der Waals surface area (Å²) < 4.78 is 38.7. The van der Waals surface area contributed by atoms with Crippen molar-refractivity contribution in [2.45, 2.75) is 32.6 Å². The maximum atomic E-state index is 11.2. The fourth-order valence-corrected chi connectivity index (χ4v) is 4.39. The van der Waals surface area contributed by atoms with Crippen molar-refractivity contribution in [3.63, 3.8) is 0 Å². The molecule has 1 aliphatic heterocycles. The molecule has 0 saturated heterocycles. The molecule has 1 heterocycles. The van der Waals surface area contributed by atoms with E-state index in [1.807, 2.05) is 31.2 Å². The topological polar surface area (TPSA) is 86.8 Å². The Kier molecular flexibility index (Phi) is 6.06. The number of rotatable bonds is 7. The van der Waals surface area contributed by atoms with E-state index in [0.717, 1.165) is 22.5 Å². The maximum Gasteiger partial charge on any atom is 0.265 e. The molecule has 0 bridgehead atoms. The van der Waals surface area contributed by atoms with Gasteiger partial charge in [-0.05, 0) is 45.0 Å². The molecule has 0 saturated carbocycles. The third kappa shape index (κ3) is 4.57. The van der Waals surface area contributed by atoms with E-state index >= 15 is 0 Å². The lowest BCUT2D eigenvalue weighted by atomic mass is 9.81. The molecule has 2 N–H and O–H groups in total. The van der Waals surface area contributed by atoms with Crippen LogP contribution in [0.25, 0.3) is 6.08 Å². The minimum Gasteiger partial charge on any atom is -0.507 e. The molecule has 1 aliphatic rings. The number of benzene rings is 2. The minimum absolute atomic E-state index is 0.119. The van der Waals surface area contributed by atoms with Gasteiger partial charge in [-0.1, -0.05) is 11.6 Å². The van der Waals surface area contributed by atoms with Gasteiger partial charge < -0.3 is 9.84 Å². The number of hydrogen-bond acceptors (Lipinski definition) is 4. The largest absolute Gasteiger partial charge is 0.507 e. The van der Waals surface area contributed by atoms with Crippen molar-refractivity contribution in [1.82, 2.24) is 0 Å². The third-order valence-corrected chi connectivity index (χ3v) is 6.29. The summed E-state index contributed by atoms with van der Waals surface area (Å²) in [6.07, 6.45) is 4.11. The highest BCUT2D eigenvalue weighted by Crippen LogP contribution is 2.41. The first-order chi connectivity index (χ1) is 14.0. The Morgan fingerprint density at radius 2 is 1.87 bits per heavy atom. The Morgan fingerprint density at radius 1 is 1.13 bits per heavy atom. The van der Waals surface area contributed by atoms with E-state index in [4.69, 9.17) is 9.29 Å². The molecule has 0 atom stereocenters. The van der Waals surface area contributed by atoms with Crippen LogP contribution in [0.3, 0.4) is 0 Å². The molecule has 7 heteroatoms. The summed E-state index contributed by atoms with van der Waals surface area (Å²) in [6, 6.07) is 11.4. The Labute approximate surface area is 177 Å². The van der Waals surface area contributed by atoms with E-state index in [1.165, 1.54) is 0 Å². The van der Waals surface area contributed by atoms with Gasteiger partial charge in [0.25, 0.3) is 10.1 Å². The average molecular weight is 431 g/mol. The summed E-state index contributed by atoms with van der Waals surface area (Å²) in [7, 11) is -2.47. The second kappa shape index (κ2) is 8.24. The van der Waals surface area contributed by atoms with Crippen molar-refractivity contribution in [1.29, 1.82) is 0 Å². The van der Waals surface area contributed by atoms with Crippen LogP contribution in [0.1, 0.15) is 37.0 Å². The molecule has 0 radical (unpaired) electrons. The van der Waals surface area contributed by atoms with Crippen LogP contribution in [-0.4, -0.2) is 47.8 Å². The molecule has 0 spiro atoms. The number of phenols is 1. The second-order valence-electron chi connectivity index (χ2n) is 8.08. The van der Waals surface area contributed by atoms with Crippen LogP contribution in [0.5, 0.6) is 11.5 Å². The number of nitrogens with zero attached hydrogens (tertiary/aromatic N) is 1. The smallest absolute Gasteiger partial charge is 0.265 e. The highest BCUT2D eigenvalue weighted by atomic mass is 32.2. The van der Waals surface area contributed by atoms with Crippen molar-refractivity contribution < 1.29 is 27.4 Å². The van der Waals surface area contributed by atoms with Crippen molar-refractivity contribution in [3.05, 3.63) is 59.2 Å². The van der Waals surface area contributed by atoms with Crippen molar-refractivity contribution in [2.75, 3.05) is 19.4 Å². The first kappa shape index (κ1) is 22.1. The number of phenolic OH excluding ortho intramolecular Hbond substituents is 1. The van der Waals surface area contributed by atoms with E-state index in [0.29, 0.717) is 24.3 Å². The fraction of sp³-hybridized carbons (Fsp3) is 0.348. The van der Waals surface area contributed by atoms with Crippen LogP contribution in [0.4, 0.5) is 5.69 Å². The lowest BCUT2D eigenvalue weighted by molar-refractivity contribution is -0.437. The van der Waals surface area contributed by atoms with Gasteiger partial charge >= 0.3 is 0 Å². The average Bonchev–Trinajstić information content (AvgIpc) is 2.86. The van der Waals surface area contributed by atoms with E-state index in [2.05, 4.69) is 24.5 Å². The predicted molar refractivity (Wildman–Crippen MR) is 119 cm³/mol. The van der Waals surface area contributed by atoms with Gasteiger partial charge in [0.15, 0.2) is 5.71 Å². The first-order valence-electron chi connectivity index (χ1n) is 9.79. The molecule has 30 heavy (non-hydrogen) atoms. The summed E-state index contributed by atoms with van der Waals surface area (Å²) in [5.41, 5.74) is 4.68. The molecule has 3 rings (SSSR count). The number of hydrogen-bond donors (Lipinski definition) is 2. The molecule has 2 aromatic carbocycles. The molecular weight excluding hydrogens is 402 g/mol. The highest BCUT2D eigenvalue weighted by molar-refractivity contribution is 7.85. The van der Waals surface area contributed by atoms with Gasteiger partial charge in [-0.3, -0.25) is 4.55 Å². The number of methoxy groups -OCH3 is 1. The normalized spacial score (nSPS) is 15.6. The van der Waals surface area contributed by atoms with Gasteiger partial charge in [0.1, 0.15) is 18.0 Å². The monoisotopic (exact) mass is 430 g/mol. The molecule has 6 nitrogen and oxygen atoms in total. The molecule has 160 valence electrons. The van der Waals surface area contributed by atoms with Gasteiger partial charge in [0.05, 0.1) is 18.3 Å². The lowest BCUT2D eigenvalue weighted by Crippen LogP contribution is -2.28. The molecule has 0 amide bonds. The second-order valence-corrected chi connectivity index (χ2v) is 9.65. The third-order valence-electron chi connectivity index (χ3n) is 5.49. The lowest BCUT2D eigenvalue weighted by Gasteiger charge is -2.16. The van der Waals surface area contributed by atoms with Crippen LogP contribution in [0.15, 0.2) is 42.5 Å². The first-order valence-corrected chi connectivity index (χ1v) is 11.4. The molecule has 0 fully saturated rings. The summed E-state index contributed by atoms with van der Waals surface area (Å²) >= 11 is 0. The quantitative estimate of drug-likeness (QED) is 0.511. The van der Waals surface area contributed by atoms with Crippen LogP contribution >= 0.6 is 0 Å². The Balaban J connectivity index is 2.03. The van der Waals surface area contributed by atoms with Crippen LogP contribution in [0.2, 0.25) is 0 Å². The van der Waals surface area contributed by atoms with Gasteiger partial charge in [-0.25, -0.2) is 0 Å². The molecule has 2 aromatic rings. The molecule has 0 unspecified atom stereocenters. The fourth-order valence-electron chi connectivity index (χ4n) is 3.90. The van der Waals surface area contributed by atoms with Crippen LogP contribution in [0, 0.1) is 6.92 Å². The Hall–Kier alpha value is -2.64. The number of ether oxygens (including phenoxy) is 1. The summed E-state index contributed by atoms with van der Waals surface area (Å²) in [5.74, 6) is 0.406. The number of allylic oxidation sites excluding steroid dienone is 1. The van der Waals surface area contributed by atoms with Crippen molar-refractivity contribution >= 4 is 27.6 Å². The summed E-state index contributed by atoms with van der Waals surface area (Å²) in [6.45, 7) is 6.75. The van der Waals surface area contributed by atoms with Crippen LogP contribution < -0.4 is 4.74 Å². The highest BCUT2D eigenvalue weighted by Gasteiger charge is 2.44. The van der Waals surface area contributed by atoms with Crippen LogP contribution in [-0.2, 0) is 15.5 Å². The maximum absolute atomic E-state index is 11.2.